The molecule has 4 nitrogen and oxygen atoms in total. The number of ether oxygens (including phenoxy) is 1. The van der Waals surface area contributed by atoms with E-state index in [-0.39, 0.29) is 11.5 Å². The molecule has 0 saturated heterocycles. The Labute approximate surface area is 129 Å². The van der Waals surface area contributed by atoms with Gasteiger partial charge in [-0.1, -0.05) is 6.92 Å². The third-order valence-electron chi connectivity index (χ3n) is 3.42. The van der Waals surface area contributed by atoms with Crippen LogP contribution in [0.2, 0.25) is 0 Å². The first-order valence-corrected chi connectivity index (χ1v) is 7.03. The van der Waals surface area contributed by atoms with Gasteiger partial charge in [0, 0.05) is 22.9 Å². The second-order valence-corrected chi connectivity index (χ2v) is 4.90. The molecule has 3 N–H and O–H groups in total. The number of anilines is 1. The van der Waals surface area contributed by atoms with Crippen molar-refractivity contribution in [2.75, 3.05) is 12.8 Å². The van der Waals surface area contributed by atoms with Crippen LogP contribution < -0.4 is 10.5 Å². The molecule has 4 heteroatoms. The summed E-state index contributed by atoms with van der Waals surface area (Å²) in [6.07, 6.45) is 3.87. The van der Waals surface area contributed by atoms with Gasteiger partial charge in [0.15, 0.2) is 5.78 Å². The summed E-state index contributed by atoms with van der Waals surface area (Å²) in [6.45, 7) is 1.95. The maximum absolute atomic E-state index is 12.1. The van der Waals surface area contributed by atoms with E-state index in [1.807, 2.05) is 13.0 Å². The molecule has 0 fully saturated rings. The van der Waals surface area contributed by atoms with Gasteiger partial charge in [-0.15, -0.1) is 0 Å². The van der Waals surface area contributed by atoms with Crippen LogP contribution in [-0.4, -0.2) is 18.0 Å². The molecule has 0 amide bonds. The Hall–Kier alpha value is -2.75. The molecule has 0 aromatic heterocycles. The number of aryl methyl sites for hydroxylation is 1. The number of nitrogens with two attached hydrogens (primary N) is 1. The van der Waals surface area contributed by atoms with E-state index in [9.17, 15) is 9.90 Å². The number of hydrogen-bond donors (Lipinski definition) is 2. The van der Waals surface area contributed by atoms with Crippen molar-refractivity contribution in [3.63, 3.8) is 0 Å². The molecule has 2 rings (SSSR count). The zero-order valence-corrected chi connectivity index (χ0v) is 12.7. The number of allylic oxidation sites excluding steroid dienone is 1. The fourth-order valence-corrected chi connectivity index (χ4v) is 2.13. The van der Waals surface area contributed by atoms with Gasteiger partial charge in [-0.25, -0.2) is 0 Å². The van der Waals surface area contributed by atoms with Crippen LogP contribution in [0.1, 0.15) is 28.4 Å². The number of rotatable bonds is 5. The Kier molecular flexibility index (Phi) is 4.84. The number of hydrogen-bond acceptors (Lipinski definition) is 4. The molecule has 0 saturated carbocycles. The zero-order valence-electron chi connectivity index (χ0n) is 12.7. The third-order valence-corrected chi connectivity index (χ3v) is 3.42. The van der Waals surface area contributed by atoms with E-state index in [2.05, 4.69) is 0 Å². The van der Waals surface area contributed by atoms with Crippen molar-refractivity contribution < 1.29 is 14.6 Å². The predicted octanol–water partition coefficient (Wildman–Crippen LogP) is 3.44. The highest BCUT2D eigenvalue weighted by Gasteiger charge is 2.08. The molecule has 2 aromatic carbocycles. The molecule has 22 heavy (non-hydrogen) atoms. The highest BCUT2D eigenvalue weighted by molar-refractivity contribution is 6.07. The first kappa shape index (κ1) is 15.6. The molecule has 0 spiro atoms. The second-order valence-electron chi connectivity index (χ2n) is 4.90. The lowest BCUT2D eigenvalue weighted by atomic mass is 10.0. The molecule has 0 aliphatic rings. The Morgan fingerprint density at radius 3 is 2.55 bits per heavy atom. The normalized spacial score (nSPS) is 10.8. The summed E-state index contributed by atoms with van der Waals surface area (Å²) in [5.74, 6) is 0.602. The topological polar surface area (TPSA) is 72.6 Å². The van der Waals surface area contributed by atoms with Crippen LogP contribution in [0, 0.1) is 0 Å². The molecule has 0 heterocycles. The summed E-state index contributed by atoms with van der Waals surface area (Å²) in [4.78, 5) is 12.1. The molecule has 0 radical (unpaired) electrons. The molecule has 114 valence electrons. The van der Waals surface area contributed by atoms with Crippen molar-refractivity contribution in [1.29, 1.82) is 0 Å². The maximum Gasteiger partial charge on any atom is 0.185 e. The van der Waals surface area contributed by atoms with E-state index in [1.54, 1.807) is 36.4 Å². The maximum atomic E-state index is 12.1. The van der Waals surface area contributed by atoms with Crippen LogP contribution in [-0.2, 0) is 6.42 Å². The van der Waals surface area contributed by atoms with Crippen LogP contribution in [0.3, 0.4) is 0 Å². The number of carbonyl (C=O) groups excluding carboxylic acids is 1. The number of phenols is 1. The minimum absolute atomic E-state index is 0.117. The highest BCUT2D eigenvalue weighted by atomic mass is 16.5. The number of nitrogen functional groups attached to an aromatic ring is 1. The van der Waals surface area contributed by atoms with Gasteiger partial charge in [0.2, 0.25) is 0 Å². The van der Waals surface area contributed by atoms with Crippen molar-refractivity contribution in [2.45, 2.75) is 13.3 Å². The Morgan fingerprint density at radius 2 is 1.95 bits per heavy atom. The molecular weight excluding hydrogens is 278 g/mol. The molecule has 0 unspecified atom stereocenters. The summed E-state index contributed by atoms with van der Waals surface area (Å²) in [6, 6.07) is 10.1. The van der Waals surface area contributed by atoms with Crippen LogP contribution in [0.25, 0.3) is 6.08 Å². The van der Waals surface area contributed by atoms with Gasteiger partial charge >= 0.3 is 0 Å². The fraction of sp³-hybridized carbons (Fsp3) is 0.167. The fourth-order valence-electron chi connectivity index (χ4n) is 2.13. The largest absolute Gasteiger partial charge is 0.508 e. The monoisotopic (exact) mass is 297 g/mol. The van der Waals surface area contributed by atoms with Crippen LogP contribution >= 0.6 is 0 Å². The predicted molar refractivity (Wildman–Crippen MR) is 88.3 cm³/mol. The minimum Gasteiger partial charge on any atom is -0.508 e. The average Bonchev–Trinajstić information content (AvgIpc) is 2.53. The summed E-state index contributed by atoms with van der Waals surface area (Å²) < 4.78 is 5.24. The van der Waals surface area contributed by atoms with Crippen molar-refractivity contribution in [1.82, 2.24) is 0 Å². The number of benzene rings is 2. The third kappa shape index (κ3) is 3.47. The minimum atomic E-state index is -0.117. The smallest absolute Gasteiger partial charge is 0.185 e. The van der Waals surface area contributed by atoms with Gasteiger partial charge in [0.05, 0.1) is 7.11 Å². The Balaban J connectivity index is 2.29. The first-order valence-electron chi connectivity index (χ1n) is 7.03. The van der Waals surface area contributed by atoms with E-state index in [0.717, 1.165) is 11.1 Å². The van der Waals surface area contributed by atoms with Crippen molar-refractivity contribution in [3.05, 3.63) is 59.2 Å². The number of methoxy groups -OCH3 is 1. The number of aromatic hydroxyl groups is 1. The average molecular weight is 297 g/mol. The number of ketones is 1. The molecule has 0 bridgehead atoms. The summed E-state index contributed by atoms with van der Waals surface area (Å²) in [7, 11) is 1.53. The highest BCUT2D eigenvalue weighted by Crippen LogP contribution is 2.29. The van der Waals surface area contributed by atoms with Crippen molar-refractivity contribution in [2.24, 2.45) is 0 Å². The van der Waals surface area contributed by atoms with Gasteiger partial charge in [0.1, 0.15) is 11.5 Å². The van der Waals surface area contributed by atoms with Crippen molar-refractivity contribution in [3.8, 4) is 11.5 Å². The van der Waals surface area contributed by atoms with Gasteiger partial charge in [-0.05, 0) is 54.5 Å². The lowest BCUT2D eigenvalue weighted by Crippen LogP contribution is -1.95. The lowest BCUT2D eigenvalue weighted by molar-refractivity contribution is 0.104. The Morgan fingerprint density at radius 1 is 1.27 bits per heavy atom. The summed E-state index contributed by atoms with van der Waals surface area (Å²) in [5.41, 5.74) is 8.35. The van der Waals surface area contributed by atoms with E-state index in [1.165, 1.54) is 13.2 Å². The van der Waals surface area contributed by atoms with E-state index in [0.29, 0.717) is 23.4 Å². The molecule has 2 aromatic rings. The Bertz CT molecular complexity index is 703. The van der Waals surface area contributed by atoms with E-state index in [4.69, 9.17) is 10.5 Å². The van der Waals surface area contributed by atoms with Crippen LogP contribution in [0.5, 0.6) is 11.5 Å². The van der Waals surface area contributed by atoms with Gasteiger partial charge in [-0.3, -0.25) is 4.79 Å². The second kappa shape index (κ2) is 6.80. The molecule has 0 atom stereocenters. The van der Waals surface area contributed by atoms with Crippen LogP contribution in [0.15, 0.2) is 42.5 Å². The first-order chi connectivity index (χ1) is 10.5. The van der Waals surface area contributed by atoms with Crippen molar-refractivity contribution >= 4 is 17.5 Å². The summed E-state index contributed by atoms with van der Waals surface area (Å²) in [5, 5.41) is 9.85. The molecule has 0 aliphatic heterocycles. The number of phenolic OH excluding ortho intramolecular Hbond substituents is 1. The SMILES string of the molecule is CCc1cc(/C=C/C(=O)c2ccc(N)cc2)c(OC)cc1O. The zero-order chi connectivity index (χ0) is 16.1. The van der Waals surface area contributed by atoms with E-state index < -0.39 is 0 Å². The van der Waals surface area contributed by atoms with Gasteiger partial charge < -0.3 is 15.6 Å². The standard InChI is InChI=1S/C18H19NO3/c1-3-12-10-14(18(22-2)11-17(12)21)6-9-16(20)13-4-7-15(19)8-5-13/h4-11,21H,3,19H2,1-2H3/b9-6+. The van der Waals surface area contributed by atoms with Gasteiger partial charge in [-0.2, -0.15) is 0 Å². The number of carbonyl (C=O) groups is 1. The van der Waals surface area contributed by atoms with Gasteiger partial charge in [0.25, 0.3) is 0 Å². The van der Waals surface area contributed by atoms with E-state index >= 15 is 0 Å². The molecular formula is C18H19NO3. The summed E-state index contributed by atoms with van der Waals surface area (Å²) >= 11 is 0. The molecule has 0 aliphatic carbocycles. The van der Waals surface area contributed by atoms with Crippen LogP contribution in [0.4, 0.5) is 5.69 Å². The quantitative estimate of drug-likeness (QED) is 0.504. The lowest BCUT2D eigenvalue weighted by Gasteiger charge is -2.09.